The number of nitro groups is 1. The van der Waals surface area contributed by atoms with Crippen molar-refractivity contribution >= 4 is 11.6 Å². The third-order valence-corrected chi connectivity index (χ3v) is 3.93. The van der Waals surface area contributed by atoms with E-state index in [0.717, 1.165) is 12.8 Å². The largest absolute Gasteiger partial charge is 0.366 e. The number of amides is 1. The Hall–Kier alpha value is -1.95. The van der Waals surface area contributed by atoms with E-state index in [2.05, 4.69) is 4.90 Å². The van der Waals surface area contributed by atoms with Crippen LogP contribution in [0.1, 0.15) is 41.6 Å². The van der Waals surface area contributed by atoms with Crippen LogP contribution in [0.2, 0.25) is 0 Å². The highest BCUT2D eigenvalue weighted by atomic mass is 16.6. The number of benzene rings is 1. The van der Waals surface area contributed by atoms with E-state index in [1.54, 1.807) is 12.1 Å². The summed E-state index contributed by atoms with van der Waals surface area (Å²) < 4.78 is 0. The molecule has 1 amide bonds. The van der Waals surface area contributed by atoms with Crippen molar-refractivity contribution in [2.75, 3.05) is 7.05 Å². The molecule has 0 aliphatic heterocycles. The minimum atomic E-state index is -0.649. The van der Waals surface area contributed by atoms with Gasteiger partial charge in [-0.2, -0.15) is 0 Å². The molecule has 0 unspecified atom stereocenters. The Morgan fingerprint density at radius 1 is 1.45 bits per heavy atom. The quantitative estimate of drug-likeness (QED) is 0.659. The molecule has 0 saturated heterocycles. The van der Waals surface area contributed by atoms with Gasteiger partial charge in [0.15, 0.2) is 0 Å². The second-order valence-electron chi connectivity index (χ2n) is 5.32. The summed E-state index contributed by atoms with van der Waals surface area (Å²) >= 11 is 0. The van der Waals surface area contributed by atoms with Gasteiger partial charge in [-0.15, -0.1) is 0 Å². The maximum atomic E-state index is 11.1. The van der Waals surface area contributed by atoms with Crippen LogP contribution in [-0.4, -0.2) is 28.8 Å². The summed E-state index contributed by atoms with van der Waals surface area (Å²) in [6, 6.07) is 4.93. The molecule has 0 aromatic heterocycles. The molecule has 2 N–H and O–H groups in total. The fourth-order valence-electron chi connectivity index (χ4n) is 2.76. The fraction of sp³-hybridized carbons (Fsp3) is 0.500. The normalized spacial score (nSPS) is 15.7. The monoisotopic (exact) mass is 277 g/mol. The molecule has 1 saturated carbocycles. The van der Waals surface area contributed by atoms with Gasteiger partial charge in [-0.1, -0.05) is 18.9 Å². The average Bonchev–Trinajstić information content (AvgIpc) is 2.92. The summed E-state index contributed by atoms with van der Waals surface area (Å²) in [5.74, 6) is -0.649. The van der Waals surface area contributed by atoms with E-state index in [4.69, 9.17) is 5.73 Å². The van der Waals surface area contributed by atoms with Crippen LogP contribution in [0.25, 0.3) is 0 Å². The summed E-state index contributed by atoms with van der Waals surface area (Å²) in [5.41, 5.74) is 5.92. The zero-order valence-electron chi connectivity index (χ0n) is 11.5. The lowest BCUT2D eigenvalue weighted by Crippen LogP contribution is -2.28. The standard InChI is InChI=1S/C14H19N3O3/c1-16(12-4-2-3-5-12)9-11-7-6-10(14(15)18)8-13(11)17(19)20/h6-8,12H,2-5,9H2,1H3,(H2,15,18). The van der Waals surface area contributed by atoms with Crippen LogP contribution in [0.3, 0.4) is 0 Å². The molecule has 108 valence electrons. The smallest absolute Gasteiger partial charge is 0.274 e. The first-order chi connectivity index (χ1) is 9.49. The van der Waals surface area contributed by atoms with Gasteiger partial charge in [-0.05, 0) is 26.0 Å². The summed E-state index contributed by atoms with van der Waals surface area (Å²) in [4.78, 5) is 23.9. The highest BCUT2D eigenvalue weighted by molar-refractivity contribution is 5.93. The van der Waals surface area contributed by atoms with Crippen LogP contribution < -0.4 is 5.73 Å². The number of nitrogens with two attached hydrogens (primary N) is 1. The lowest BCUT2D eigenvalue weighted by Gasteiger charge is -2.23. The lowest BCUT2D eigenvalue weighted by molar-refractivity contribution is -0.385. The van der Waals surface area contributed by atoms with E-state index in [1.165, 1.54) is 18.9 Å². The molecule has 6 heteroatoms. The van der Waals surface area contributed by atoms with Gasteiger partial charge in [-0.3, -0.25) is 19.8 Å². The summed E-state index contributed by atoms with van der Waals surface area (Å²) in [6.45, 7) is 0.514. The number of hydrogen-bond acceptors (Lipinski definition) is 4. The van der Waals surface area contributed by atoms with Gasteiger partial charge in [0.2, 0.25) is 5.91 Å². The first-order valence-electron chi connectivity index (χ1n) is 6.76. The maximum absolute atomic E-state index is 11.1. The molecule has 1 aliphatic carbocycles. The molecule has 0 spiro atoms. The van der Waals surface area contributed by atoms with Crippen molar-refractivity contribution in [1.82, 2.24) is 4.90 Å². The van der Waals surface area contributed by atoms with Crippen molar-refractivity contribution in [3.05, 3.63) is 39.4 Å². The Labute approximate surface area is 117 Å². The van der Waals surface area contributed by atoms with Gasteiger partial charge in [0.1, 0.15) is 0 Å². The summed E-state index contributed by atoms with van der Waals surface area (Å²) in [6.07, 6.45) is 4.72. The highest BCUT2D eigenvalue weighted by Crippen LogP contribution is 2.27. The topological polar surface area (TPSA) is 89.5 Å². The van der Waals surface area contributed by atoms with E-state index in [-0.39, 0.29) is 11.3 Å². The Kier molecular flexibility index (Phi) is 4.34. The van der Waals surface area contributed by atoms with Crippen molar-refractivity contribution in [3.63, 3.8) is 0 Å². The van der Waals surface area contributed by atoms with Gasteiger partial charge >= 0.3 is 0 Å². The average molecular weight is 277 g/mol. The third-order valence-electron chi connectivity index (χ3n) is 3.93. The zero-order chi connectivity index (χ0) is 14.7. The van der Waals surface area contributed by atoms with Gasteiger partial charge < -0.3 is 5.73 Å². The van der Waals surface area contributed by atoms with Gasteiger partial charge in [-0.25, -0.2) is 0 Å². The molecule has 0 atom stereocenters. The summed E-state index contributed by atoms with van der Waals surface area (Å²) in [5, 5.41) is 11.1. The van der Waals surface area contributed by atoms with Crippen molar-refractivity contribution in [2.45, 2.75) is 38.3 Å². The number of carbonyl (C=O) groups excluding carboxylic acids is 1. The molecule has 0 bridgehead atoms. The molecule has 20 heavy (non-hydrogen) atoms. The van der Waals surface area contributed by atoms with E-state index in [1.807, 2.05) is 7.05 Å². The number of primary amides is 1. The van der Waals surface area contributed by atoms with E-state index in [0.29, 0.717) is 18.2 Å². The predicted molar refractivity (Wildman–Crippen MR) is 75.3 cm³/mol. The third kappa shape index (κ3) is 3.14. The molecule has 1 aromatic carbocycles. The zero-order valence-corrected chi connectivity index (χ0v) is 11.5. The number of nitro benzene ring substituents is 1. The van der Waals surface area contributed by atoms with Crippen molar-refractivity contribution in [1.29, 1.82) is 0 Å². The molecule has 1 aliphatic rings. The second kappa shape index (κ2) is 6.00. The minimum Gasteiger partial charge on any atom is -0.366 e. The molecule has 6 nitrogen and oxygen atoms in total. The SMILES string of the molecule is CN(Cc1ccc(C(N)=O)cc1[N+](=O)[O-])C1CCCC1. The van der Waals surface area contributed by atoms with Crippen molar-refractivity contribution < 1.29 is 9.72 Å². The number of rotatable bonds is 5. The number of hydrogen-bond donors (Lipinski definition) is 1. The Bertz CT molecular complexity index is 524. The summed E-state index contributed by atoms with van der Waals surface area (Å²) in [7, 11) is 1.99. The number of carbonyl (C=O) groups is 1. The molecule has 1 fully saturated rings. The fourth-order valence-corrected chi connectivity index (χ4v) is 2.76. The van der Waals surface area contributed by atoms with Gasteiger partial charge in [0.25, 0.3) is 5.69 Å². The van der Waals surface area contributed by atoms with Crippen LogP contribution in [-0.2, 0) is 6.54 Å². The Morgan fingerprint density at radius 3 is 2.65 bits per heavy atom. The molecular weight excluding hydrogens is 258 g/mol. The van der Waals surface area contributed by atoms with E-state index < -0.39 is 10.8 Å². The van der Waals surface area contributed by atoms with Crippen LogP contribution in [0.5, 0.6) is 0 Å². The first-order valence-corrected chi connectivity index (χ1v) is 6.76. The van der Waals surface area contributed by atoms with Crippen LogP contribution >= 0.6 is 0 Å². The lowest BCUT2D eigenvalue weighted by atomic mass is 10.1. The molecule has 1 aromatic rings. The molecule has 0 radical (unpaired) electrons. The van der Waals surface area contributed by atoms with Crippen molar-refractivity contribution in [3.8, 4) is 0 Å². The van der Waals surface area contributed by atoms with Crippen LogP contribution in [0.15, 0.2) is 18.2 Å². The molecular formula is C14H19N3O3. The first kappa shape index (κ1) is 14.5. The molecule has 2 rings (SSSR count). The van der Waals surface area contributed by atoms with Gasteiger partial charge in [0.05, 0.1) is 4.92 Å². The maximum Gasteiger partial charge on any atom is 0.274 e. The Balaban J connectivity index is 2.21. The van der Waals surface area contributed by atoms with Crippen LogP contribution in [0, 0.1) is 10.1 Å². The predicted octanol–water partition coefficient (Wildman–Crippen LogP) is 2.07. The minimum absolute atomic E-state index is 0.0360. The second-order valence-corrected chi connectivity index (χ2v) is 5.32. The number of nitrogens with zero attached hydrogens (tertiary/aromatic N) is 2. The Morgan fingerprint density at radius 2 is 2.10 bits per heavy atom. The van der Waals surface area contributed by atoms with E-state index in [9.17, 15) is 14.9 Å². The molecule has 0 heterocycles. The van der Waals surface area contributed by atoms with Crippen LogP contribution in [0.4, 0.5) is 5.69 Å². The van der Waals surface area contributed by atoms with Crippen molar-refractivity contribution in [2.24, 2.45) is 5.73 Å². The van der Waals surface area contributed by atoms with Gasteiger partial charge in [0, 0.05) is 29.8 Å². The highest BCUT2D eigenvalue weighted by Gasteiger charge is 2.23. The van der Waals surface area contributed by atoms with E-state index >= 15 is 0 Å².